The smallest absolute Gasteiger partial charge is 0.133 e. The molecule has 3 heteroatoms. The summed E-state index contributed by atoms with van der Waals surface area (Å²) < 4.78 is 6.89. The molecule has 2 N–H and O–H groups in total. The molecule has 0 amide bonds. The molecule has 1 aromatic carbocycles. The molecular formula is C18H30BrNO. The summed E-state index contributed by atoms with van der Waals surface area (Å²) in [5, 5.41) is 0. The molecule has 0 aliphatic heterocycles. The van der Waals surface area contributed by atoms with Crippen molar-refractivity contribution in [2.24, 2.45) is 5.73 Å². The molecule has 1 atom stereocenters. The maximum atomic E-state index is 5.99. The Balaban J connectivity index is 2.29. The van der Waals surface area contributed by atoms with Crippen molar-refractivity contribution in [1.82, 2.24) is 0 Å². The average molecular weight is 356 g/mol. The first kappa shape index (κ1) is 18.5. The van der Waals surface area contributed by atoms with Gasteiger partial charge in [0.2, 0.25) is 0 Å². The second-order valence-electron chi connectivity index (χ2n) is 5.75. The third-order valence-electron chi connectivity index (χ3n) is 3.77. The summed E-state index contributed by atoms with van der Waals surface area (Å²) in [5.41, 5.74) is 7.26. The van der Waals surface area contributed by atoms with Gasteiger partial charge in [-0.15, -0.1) is 0 Å². The molecule has 0 aromatic heterocycles. The highest BCUT2D eigenvalue weighted by Crippen LogP contribution is 2.27. The molecule has 0 heterocycles. The lowest BCUT2D eigenvalue weighted by atomic mass is 10.0. The number of halogens is 1. The molecule has 2 nitrogen and oxygen atoms in total. The summed E-state index contributed by atoms with van der Waals surface area (Å²) in [6.45, 7) is 5.17. The minimum atomic E-state index is 0.242. The standard InChI is InChI=1S/C18H30BrNO/c1-3-5-6-7-8-9-12-21-18-11-10-15(14-17(18)19)13-16(20)4-2/h10-11,14,16H,3-9,12-13,20H2,1-2H3. The van der Waals surface area contributed by atoms with Crippen LogP contribution in [0.1, 0.15) is 64.4 Å². The van der Waals surface area contributed by atoms with E-state index in [4.69, 9.17) is 10.5 Å². The van der Waals surface area contributed by atoms with E-state index in [9.17, 15) is 0 Å². The van der Waals surface area contributed by atoms with Crippen LogP contribution in [0.2, 0.25) is 0 Å². The topological polar surface area (TPSA) is 35.2 Å². The fourth-order valence-corrected chi connectivity index (χ4v) is 2.84. The van der Waals surface area contributed by atoms with Crippen LogP contribution in [0, 0.1) is 0 Å². The van der Waals surface area contributed by atoms with Gasteiger partial charge in [0.15, 0.2) is 0 Å². The van der Waals surface area contributed by atoms with Gasteiger partial charge in [0, 0.05) is 6.04 Å². The van der Waals surface area contributed by atoms with Crippen LogP contribution in [0.4, 0.5) is 0 Å². The van der Waals surface area contributed by atoms with Crippen molar-refractivity contribution in [3.8, 4) is 5.75 Å². The summed E-state index contributed by atoms with van der Waals surface area (Å²) in [7, 11) is 0. The van der Waals surface area contributed by atoms with Gasteiger partial charge in [0.1, 0.15) is 5.75 Å². The Kier molecular flexibility index (Phi) is 9.77. The highest BCUT2D eigenvalue weighted by Gasteiger charge is 2.06. The van der Waals surface area contributed by atoms with Crippen molar-refractivity contribution in [3.05, 3.63) is 28.2 Å². The molecule has 1 aromatic rings. The zero-order valence-corrected chi connectivity index (χ0v) is 15.1. The molecule has 0 radical (unpaired) electrons. The largest absolute Gasteiger partial charge is 0.492 e. The molecule has 0 spiro atoms. The average Bonchev–Trinajstić information content (AvgIpc) is 2.48. The molecule has 0 saturated heterocycles. The van der Waals surface area contributed by atoms with E-state index in [1.54, 1.807) is 0 Å². The molecule has 120 valence electrons. The zero-order chi connectivity index (χ0) is 15.5. The van der Waals surface area contributed by atoms with E-state index in [-0.39, 0.29) is 6.04 Å². The Morgan fingerprint density at radius 2 is 1.81 bits per heavy atom. The van der Waals surface area contributed by atoms with Crippen LogP contribution in [0.25, 0.3) is 0 Å². The Hall–Kier alpha value is -0.540. The van der Waals surface area contributed by atoms with Gasteiger partial charge in [-0.3, -0.25) is 0 Å². The minimum Gasteiger partial charge on any atom is -0.492 e. The van der Waals surface area contributed by atoms with Crippen molar-refractivity contribution in [3.63, 3.8) is 0 Å². The third kappa shape index (κ3) is 7.87. The first-order valence-corrected chi connectivity index (χ1v) is 9.13. The number of hydrogen-bond donors (Lipinski definition) is 1. The quantitative estimate of drug-likeness (QED) is 0.534. The Morgan fingerprint density at radius 1 is 1.10 bits per heavy atom. The van der Waals surface area contributed by atoms with Gasteiger partial charge in [-0.2, -0.15) is 0 Å². The summed E-state index contributed by atoms with van der Waals surface area (Å²) in [4.78, 5) is 0. The van der Waals surface area contributed by atoms with Crippen molar-refractivity contribution < 1.29 is 4.74 Å². The summed E-state index contributed by atoms with van der Waals surface area (Å²) in [5.74, 6) is 0.942. The van der Waals surface area contributed by atoms with Crippen LogP contribution >= 0.6 is 15.9 Å². The summed E-state index contributed by atoms with van der Waals surface area (Å²) in [6.07, 6.45) is 9.67. The highest BCUT2D eigenvalue weighted by atomic mass is 79.9. The Labute approximate surface area is 138 Å². The number of hydrogen-bond acceptors (Lipinski definition) is 2. The van der Waals surface area contributed by atoms with Crippen LogP contribution < -0.4 is 10.5 Å². The van der Waals surface area contributed by atoms with E-state index in [1.165, 1.54) is 37.7 Å². The lowest BCUT2D eigenvalue weighted by molar-refractivity contribution is 0.302. The lowest BCUT2D eigenvalue weighted by Gasteiger charge is -2.12. The monoisotopic (exact) mass is 355 g/mol. The second kappa shape index (κ2) is 11.1. The van der Waals surface area contributed by atoms with Gasteiger partial charge >= 0.3 is 0 Å². The highest BCUT2D eigenvalue weighted by molar-refractivity contribution is 9.10. The predicted molar refractivity (Wildman–Crippen MR) is 95.0 cm³/mol. The van der Waals surface area contributed by atoms with Crippen LogP contribution in [0.15, 0.2) is 22.7 Å². The van der Waals surface area contributed by atoms with E-state index < -0.39 is 0 Å². The van der Waals surface area contributed by atoms with Crippen LogP contribution in [0.5, 0.6) is 5.75 Å². The maximum absolute atomic E-state index is 5.99. The SMILES string of the molecule is CCCCCCCCOc1ccc(CC(N)CC)cc1Br. The molecule has 1 rings (SSSR count). The molecule has 0 fully saturated rings. The van der Waals surface area contributed by atoms with Gasteiger partial charge in [0.25, 0.3) is 0 Å². The predicted octanol–water partition coefficient (Wildman–Crippen LogP) is 5.47. The van der Waals surface area contributed by atoms with Gasteiger partial charge in [0.05, 0.1) is 11.1 Å². The summed E-state index contributed by atoms with van der Waals surface area (Å²) in [6, 6.07) is 6.55. The molecule has 0 bridgehead atoms. The number of benzene rings is 1. The molecule has 21 heavy (non-hydrogen) atoms. The molecule has 0 aliphatic carbocycles. The Bertz CT molecular complexity index is 395. The van der Waals surface area contributed by atoms with Crippen molar-refractivity contribution in [2.75, 3.05) is 6.61 Å². The zero-order valence-electron chi connectivity index (χ0n) is 13.5. The second-order valence-corrected chi connectivity index (χ2v) is 6.61. The molecular weight excluding hydrogens is 326 g/mol. The first-order valence-electron chi connectivity index (χ1n) is 8.34. The van der Waals surface area contributed by atoms with E-state index in [1.807, 2.05) is 0 Å². The molecule has 1 unspecified atom stereocenters. The third-order valence-corrected chi connectivity index (χ3v) is 4.39. The van der Waals surface area contributed by atoms with E-state index in [2.05, 4.69) is 48.0 Å². The van der Waals surface area contributed by atoms with E-state index in [0.717, 1.165) is 36.1 Å². The summed E-state index contributed by atoms with van der Waals surface area (Å²) >= 11 is 3.60. The minimum absolute atomic E-state index is 0.242. The van der Waals surface area contributed by atoms with Gasteiger partial charge < -0.3 is 10.5 Å². The van der Waals surface area contributed by atoms with E-state index in [0.29, 0.717) is 0 Å². The van der Waals surface area contributed by atoms with Gasteiger partial charge in [-0.1, -0.05) is 52.0 Å². The van der Waals surface area contributed by atoms with Crippen LogP contribution in [-0.4, -0.2) is 12.6 Å². The Morgan fingerprint density at radius 3 is 2.48 bits per heavy atom. The number of nitrogens with two attached hydrogens (primary N) is 1. The van der Waals surface area contributed by atoms with Crippen molar-refractivity contribution >= 4 is 15.9 Å². The van der Waals surface area contributed by atoms with Crippen molar-refractivity contribution in [2.45, 2.75) is 71.3 Å². The first-order chi connectivity index (χ1) is 10.2. The maximum Gasteiger partial charge on any atom is 0.133 e. The van der Waals surface area contributed by atoms with Gasteiger partial charge in [-0.05, 0) is 52.9 Å². The molecule has 0 saturated carbocycles. The van der Waals surface area contributed by atoms with Crippen LogP contribution in [0.3, 0.4) is 0 Å². The van der Waals surface area contributed by atoms with Crippen molar-refractivity contribution in [1.29, 1.82) is 0 Å². The fourth-order valence-electron chi connectivity index (χ4n) is 2.30. The number of rotatable bonds is 11. The lowest BCUT2D eigenvalue weighted by Crippen LogP contribution is -2.21. The number of ether oxygens (including phenoxy) is 1. The van der Waals surface area contributed by atoms with Crippen LogP contribution in [-0.2, 0) is 6.42 Å². The fraction of sp³-hybridized carbons (Fsp3) is 0.667. The number of unbranched alkanes of at least 4 members (excludes halogenated alkanes) is 5. The van der Waals surface area contributed by atoms with Gasteiger partial charge in [-0.25, -0.2) is 0 Å². The van der Waals surface area contributed by atoms with E-state index >= 15 is 0 Å². The molecule has 0 aliphatic rings. The normalized spacial score (nSPS) is 12.4.